The average molecular weight is 352 g/mol. The van der Waals surface area contributed by atoms with E-state index in [2.05, 4.69) is 32.2 Å². The molecule has 3 aromatic heterocycles. The number of carbonyl (C=O) groups is 1. The van der Waals surface area contributed by atoms with E-state index < -0.39 is 5.97 Å². The number of rotatable bonds is 7. The molecule has 134 valence electrons. The Morgan fingerprint density at radius 3 is 2.69 bits per heavy atom. The van der Waals surface area contributed by atoms with Crippen LogP contribution in [0.1, 0.15) is 42.0 Å². The number of pyridine rings is 1. The Bertz CT molecular complexity index is 908. The first-order valence-electron chi connectivity index (χ1n) is 8.35. The summed E-state index contributed by atoms with van der Waals surface area (Å²) < 4.78 is 1.97. The SMILES string of the molecule is CCC[C@@H](Nc1nccc(-c2cc(C(=O)O)ccn2)n1)c1nccn1C. The standard InChI is InChI=1S/C18H20N6O2/c1-3-4-14(16-20-9-10-24(16)2)23-18-21-8-6-13(22-18)15-11-12(17(25)26)5-7-19-15/h5-11,14H,3-4H2,1-2H3,(H,25,26)(H,21,22,23)/t14-/m1/s1. The average Bonchev–Trinajstić information content (AvgIpc) is 3.07. The van der Waals surface area contributed by atoms with Crippen molar-refractivity contribution in [3.63, 3.8) is 0 Å². The van der Waals surface area contributed by atoms with Gasteiger partial charge in [0.15, 0.2) is 0 Å². The zero-order valence-electron chi connectivity index (χ0n) is 14.6. The lowest BCUT2D eigenvalue weighted by Gasteiger charge is -2.18. The van der Waals surface area contributed by atoms with E-state index in [1.807, 2.05) is 17.8 Å². The fourth-order valence-corrected chi connectivity index (χ4v) is 2.70. The monoisotopic (exact) mass is 352 g/mol. The predicted molar refractivity (Wildman–Crippen MR) is 96.7 cm³/mol. The normalized spacial score (nSPS) is 11.9. The highest BCUT2D eigenvalue weighted by Crippen LogP contribution is 2.22. The lowest BCUT2D eigenvalue weighted by Crippen LogP contribution is -2.17. The van der Waals surface area contributed by atoms with E-state index in [0.717, 1.165) is 18.7 Å². The maximum absolute atomic E-state index is 11.1. The summed E-state index contributed by atoms with van der Waals surface area (Å²) >= 11 is 0. The maximum atomic E-state index is 11.1. The fraction of sp³-hybridized carbons (Fsp3) is 0.278. The Kier molecular flexibility index (Phi) is 5.21. The second-order valence-electron chi connectivity index (χ2n) is 5.88. The summed E-state index contributed by atoms with van der Waals surface area (Å²) in [5.41, 5.74) is 1.21. The van der Waals surface area contributed by atoms with Crippen molar-refractivity contribution in [1.29, 1.82) is 0 Å². The van der Waals surface area contributed by atoms with Crippen LogP contribution in [-0.2, 0) is 7.05 Å². The van der Waals surface area contributed by atoms with Gasteiger partial charge in [0.25, 0.3) is 0 Å². The van der Waals surface area contributed by atoms with E-state index in [4.69, 9.17) is 5.11 Å². The number of carboxylic acids is 1. The van der Waals surface area contributed by atoms with Gasteiger partial charge in [0.1, 0.15) is 5.82 Å². The minimum Gasteiger partial charge on any atom is -0.478 e. The summed E-state index contributed by atoms with van der Waals surface area (Å²) in [4.78, 5) is 28.5. The van der Waals surface area contributed by atoms with Crippen molar-refractivity contribution < 1.29 is 9.90 Å². The molecule has 0 saturated heterocycles. The first-order chi connectivity index (χ1) is 12.6. The molecule has 0 amide bonds. The first-order valence-corrected chi connectivity index (χ1v) is 8.35. The van der Waals surface area contributed by atoms with Crippen LogP contribution < -0.4 is 5.32 Å². The van der Waals surface area contributed by atoms with Gasteiger partial charge in [-0.3, -0.25) is 4.98 Å². The summed E-state index contributed by atoms with van der Waals surface area (Å²) in [7, 11) is 1.95. The molecule has 0 radical (unpaired) electrons. The Labute approximate surface area is 151 Å². The van der Waals surface area contributed by atoms with Gasteiger partial charge >= 0.3 is 5.97 Å². The molecule has 1 atom stereocenters. The molecule has 0 aliphatic heterocycles. The highest BCUT2D eigenvalue weighted by Gasteiger charge is 2.17. The summed E-state index contributed by atoms with van der Waals surface area (Å²) in [5, 5.41) is 12.5. The van der Waals surface area contributed by atoms with Crippen LogP contribution in [0, 0.1) is 0 Å². The largest absolute Gasteiger partial charge is 0.478 e. The van der Waals surface area contributed by atoms with Gasteiger partial charge < -0.3 is 15.0 Å². The second kappa shape index (κ2) is 7.73. The third kappa shape index (κ3) is 3.85. The van der Waals surface area contributed by atoms with Gasteiger partial charge in [0.2, 0.25) is 5.95 Å². The lowest BCUT2D eigenvalue weighted by atomic mass is 10.1. The van der Waals surface area contributed by atoms with E-state index >= 15 is 0 Å². The third-order valence-corrected chi connectivity index (χ3v) is 3.98. The molecule has 0 spiro atoms. The Morgan fingerprint density at radius 2 is 2.00 bits per heavy atom. The molecule has 3 rings (SSSR count). The van der Waals surface area contributed by atoms with Crippen LogP contribution in [0.5, 0.6) is 0 Å². The van der Waals surface area contributed by atoms with E-state index in [1.165, 1.54) is 18.3 Å². The number of aromatic nitrogens is 5. The third-order valence-electron chi connectivity index (χ3n) is 3.98. The molecule has 8 nitrogen and oxygen atoms in total. The number of carboxylic acid groups (broad SMARTS) is 1. The summed E-state index contributed by atoms with van der Waals surface area (Å²) in [5.74, 6) is 0.358. The van der Waals surface area contributed by atoms with Gasteiger partial charge in [-0.15, -0.1) is 0 Å². The lowest BCUT2D eigenvalue weighted by molar-refractivity contribution is 0.0697. The summed E-state index contributed by atoms with van der Waals surface area (Å²) in [6, 6.07) is 4.63. The molecule has 0 aliphatic carbocycles. The van der Waals surface area contributed by atoms with Gasteiger partial charge in [-0.1, -0.05) is 13.3 Å². The molecule has 2 N–H and O–H groups in total. The van der Waals surface area contributed by atoms with Crippen LogP contribution in [0.25, 0.3) is 11.4 Å². The Balaban J connectivity index is 1.88. The minimum atomic E-state index is -1.00. The molecule has 3 aromatic rings. The molecular weight excluding hydrogens is 332 g/mol. The van der Waals surface area contributed by atoms with Crippen molar-refractivity contribution in [2.24, 2.45) is 7.05 Å². The second-order valence-corrected chi connectivity index (χ2v) is 5.88. The summed E-state index contributed by atoms with van der Waals surface area (Å²) in [6.45, 7) is 2.11. The first kappa shape index (κ1) is 17.5. The molecule has 0 aromatic carbocycles. The van der Waals surface area contributed by atoms with Crippen LogP contribution in [0.2, 0.25) is 0 Å². The Hall–Kier alpha value is -3.29. The highest BCUT2D eigenvalue weighted by atomic mass is 16.4. The molecule has 0 fully saturated rings. The van der Waals surface area contributed by atoms with Crippen molar-refractivity contribution in [2.45, 2.75) is 25.8 Å². The van der Waals surface area contributed by atoms with Crippen LogP contribution >= 0.6 is 0 Å². The molecule has 8 heteroatoms. The number of imidazole rings is 1. The number of aryl methyl sites for hydroxylation is 1. The van der Waals surface area contributed by atoms with Gasteiger partial charge in [-0.05, 0) is 24.6 Å². The predicted octanol–water partition coefficient (Wildman–Crippen LogP) is 2.92. The maximum Gasteiger partial charge on any atom is 0.335 e. The van der Waals surface area contributed by atoms with Crippen molar-refractivity contribution in [3.8, 4) is 11.4 Å². The number of hydrogen-bond donors (Lipinski definition) is 2. The molecule has 26 heavy (non-hydrogen) atoms. The molecule has 3 heterocycles. The number of anilines is 1. The van der Waals surface area contributed by atoms with E-state index in [9.17, 15) is 4.79 Å². The number of nitrogens with one attached hydrogen (secondary N) is 1. The van der Waals surface area contributed by atoms with E-state index in [1.54, 1.807) is 18.5 Å². The molecule has 0 bridgehead atoms. The van der Waals surface area contributed by atoms with Gasteiger partial charge in [-0.25, -0.2) is 19.7 Å². The van der Waals surface area contributed by atoms with Crippen LogP contribution in [0.3, 0.4) is 0 Å². The van der Waals surface area contributed by atoms with Crippen LogP contribution in [0.15, 0.2) is 43.0 Å². The van der Waals surface area contributed by atoms with Gasteiger partial charge in [0, 0.05) is 31.8 Å². The Morgan fingerprint density at radius 1 is 1.19 bits per heavy atom. The smallest absolute Gasteiger partial charge is 0.335 e. The molecular formula is C18H20N6O2. The van der Waals surface area contributed by atoms with Crippen molar-refractivity contribution in [3.05, 3.63) is 54.4 Å². The minimum absolute atomic E-state index is 0.0198. The van der Waals surface area contributed by atoms with Gasteiger partial charge in [0.05, 0.1) is 23.0 Å². The van der Waals surface area contributed by atoms with Crippen molar-refractivity contribution in [2.75, 3.05) is 5.32 Å². The van der Waals surface area contributed by atoms with E-state index in [-0.39, 0.29) is 11.6 Å². The van der Waals surface area contributed by atoms with E-state index in [0.29, 0.717) is 17.3 Å². The zero-order chi connectivity index (χ0) is 18.5. The topological polar surface area (TPSA) is 106 Å². The fourth-order valence-electron chi connectivity index (χ4n) is 2.70. The number of hydrogen-bond acceptors (Lipinski definition) is 6. The van der Waals surface area contributed by atoms with Gasteiger partial charge in [-0.2, -0.15) is 0 Å². The quantitative estimate of drug-likeness (QED) is 0.673. The molecule has 0 aliphatic rings. The zero-order valence-corrected chi connectivity index (χ0v) is 14.6. The summed E-state index contributed by atoms with van der Waals surface area (Å²) in [6.07, 6.45) is 8.61. The van der Waals surface area contributed by atoms with Crippen molar-refractivity contribution in [1.82, 2.24) is 24.5 Å². The number of aromatic carboxylic acids is 1. The highest BCUT2D eigenvalue weighted by molar-refractivity contribution is 5.88. The molecule has 0 saturated carbocycles. The van der Waals surface area contributed by atoms with Crippen molar-refractivity contribution >= 4 is 11.9 Å². The number of nitrogens with zero attached hydrogens (tertiary/aromatic N) is 5. The van der Waals surface area contributed by atoms with Crippen LogP contribution in [0.4, 0.5) is 5.95 Å². The van der Waals surface area contributed by atoms with Crippen LogP contribution in [-0.4, -0.2) is 35.6 Å². The molecule has 0 unspecified atom stereocenters.